The average Bonchev–Trinajstić information content (AvgIpc) is 4.20. The van der Waals surface area contributed by atoms with Crippen molar-refractivity contribution >= 4 is 109 Å². The maximum atomic E-state index is 14.9. The number of phenolic OH excluding ortho intramolecular Hbond substituents is 1. The van der Waals surface area contributed by atoms with E-state index in [2.05, 4.69) is 36.2 Å². The van der Waals surface area contributed by atoms with Crippen LogP contribution in [0, 0.1) is 24.7 Å². The second-order valence-electron chi connectivity index (χ2n) is 20.3. The number of nitrogens with zero attached hydrogens (tertiary/aromatic N) is 8. The first-order valence-electron chi connectivity index (χ1n) is 26.1. The number of thiazole rings is 6. The van der Waals surface area contributed by atoms with Crippen LogP contribution >= 0.6 is 68.0 Å². The number of carboxylic acid groups (broad SMARTS) is 1. The van der Waals surface area contributed by atoms with E-state index < -0.39 is 65.7 Å². The fourth-order valence-electron chi connectivity index (χ4n) is 10.1. The van der Waals surface area contributed by atoms with Gasteiger partial charge in [-0.1, -0.05) is 19.1 Å². The number of nitrogens with one attached hydrogen (secondary N) is 4. The number of fused-ring (bicyclic) bond motifs is 16. The molecule has 2 fully saturated rings. The molecule has 9 N–H and O–H groups in total. The summed E-state index contributed by atoms with van der Waals surface area (Å²) in [5.41, 5.74) is 8.71. The smallest absolute Gasteiger partial charge is 0.306 e. The van der Waals surface area contributed by atoms with E-state index in [1.165, 1.54) is 56.4 Å². The van der Waals surface area contributed by atoms with Gasteiger partial charge < -0.3 is 47.2 Å². The minimum Gasteiger partial charge on any atom is -0.508 e. The second-order valence-corrected chi connectivity index (χ2v) is 25.9. The Morgan fingerprint density at radius 1 is 0.711 bits per heavy atom. The number of aliphatic hydroxyl groups excluding tert-OH is 1. The molecular formula is C54H51N13O10S6. The van der Waals surface area contributed by atoms with E-state index in [-0.39, 0.29) is 77.2 Å². The third-order valence-corrected chi connectivity index (χ3v) is 20.1. The Bertz CT molecular complexity index is 3800. The molecule has 1 aromatic carbocycles. The van der Waals surface area contributed by atoms with Gasteiger partial charge in [-0.25, -0.2) is 34.9 Å². The van der Waals surface area contributed by atoms with Gasteiger partial charge in [0.1, 0.15) is 81.7 Å². The van der Waals surface area contributed by atoms with Crippen LogP contribution in [0.15, 0.2) is 63.3 Å². The van der Waals surface area contributed by atoms with Gasteiger partial charge >= 0.3 is 5.97 Å². The summed E-state index contributed by atoms with van der Waals surface area (Å²) in [7, 11) is 0. The number of hydrogen-bond acceptors (Lipinski definition) is 22. The number of phenols is 1. The van der Waals surface area contributed by atoms with E-state index in [1.54, 1.807) is 47.3 Å². The monoisotopic (exact) mass is 1230 g/mol. The first kappa shape index (κ1) is 57.0. The van der Waals surface area contributed by atoms with Crippen molar-refractivity contribution in [3.8, 4) is 49.1 Å². The molecule has 0 radical (unpaired) electrons. The molecule has 9 heterocycles. The minimum absolute atomic E-state index is 0.00568. The number of benzene rings is 1. The Hall–Kier alpha value is -7.80. The molecule has 5 atom stereocenters. The first-order valence-corrected chi connectivity index (χ1v) is 31.4. The van der Waals surface area contributed by atoms with Gasteiger partial charge in [0.25, 0.3) is 23.6 Å². The van der Waals surface area contributed by atoms with Crippen LogP contribution in [-0.4, -0.2) is 122 Å². The number of amides is 6. The van der Waals surface area contributed by atoms with Crippen molar-refractivity contribution in [2.75, 3.05) is 13.1 Å². The normalized spacial score (nSPS) is 21.3. The number of carbonyl (C=O) groups excluding carboxylic acids is 6. The van der Waals surface area contributed by atoms with Crippen molar-refractivity contribution in [3.63, 3.8) is 0 Å². The summed E-state index contributed by atoms with van der Waals surface area (Å²) in [5, 5.41) is 53.1. The summed E-state index contributed by atoms with van der Waals surface area (Å²) < 4.78 is 0. The van der Waals surface area contributed by atoms with E-state index >= 15 is 0 Å². The second kappa shape index (κ2) is 24.2. The number of aliphatic carboxylic acids is 1. The molecule has 1 aliphatic carbocycles. The molecule has 1 saturated heterocycles. The summed E-state index contributed by atoms with van der Waals surface area (Å²) in [6.07, 6.45) is 1.24. The Morgan fingerprint density at radius 2 is 1.39 bits per heavy atom. The highest BCUT2D eigenvalue weighted by molar-refractivity contribution is 7.15. The van der Waals surface area contributed by atoms with Gasteiger partial charge in [-0.2, -0.15) is 0 Å². The van der Waals surface area contributed by atoms with Crippen LogP contribution < -0.4 is 27.0 Å². The number of aromatic hydroxyl groups is 1. The molecule has 2 aliphatic heterocycles. The number of carbonyl (C=O) groups is 7. The van der Waals surface area contributed by atoms with Crippen LogP contribution in [0.2, 0.25) is 0 Å². The van der Waals surface area contributed by atoms with Gasteiger partial charge in [0.05, 0.1) is 42.8 Å². The van der Waals surface area contributed by atoms with Gasteiger partial charge in [-0.15, -0.1) is 68.0 Å². The molecule has 7 aromatic heterocycles. The third-order valence-electron chi connectivity index (χ3n) is 14.6. The number of hydrogen-bond donors (Lipinski definition) is 8. The summed E-state index contributed by atoms with van der Waals surface area (Å²) in [6, 6.07) is 6.84. The molecule has 8 aromatic rings. The molecule has 23 nitrogen and oxygen atoms in total. The largest absolute Gasteiger partial charge is 0.508 e. The molecule has 0 spiro atoms. The van der Waals surface area contributed by atoms with Crippen molar-refractivity contribution in [2.24, 2.45) is 23.5 Å². The molecule has 428 valence electrons. The number of aromatic nitrogens is 7. The predicted molar refractivity (Wildman–Crippen MR) is 311 cm³/mol. The van der Waals surface area contributed by atoms with Crippen molar-refractivity contribution in [1.29, 1.82) is 0 Å². The average molecular weight is 1230 g/mol. The molecule has 0 unspecified atom stereocenters. The Balaban J connectivity index is 0.948. The van der Waals surface area contributed by atoms with E-state index in [4.69, 9.17) is 25.7 Å². The summed E-state index contributed by atoms with van der Waals surface area (Å²) >= 11 is 7.16. The molecule has 1 saturated carbocycles. The van der Waals surface area contributed by atoms with Crippen molar-refractivity contribution in [2.45, 2.75) is 83.1 Å². The highest BCUT2D eigenvalue weighted by Crippen LogP contribution is 2.43. The number of primary amides is 1. The maximum Gasteiger partial charge on any atom is 0.306 e. The van der Waals surface area contributed by atoms with Crippen molar-refractivity contribution < 1.29 is 48.9 Å². The fraction of sp³-hybridized carbons (Fsp3) is 0.333. The number of rotatable bonds is 9. The van der Waals surface area contributed by atoms with Crippen LogP contribution in [-0.2, 0) is 27.3 Å². The van der Waals surface area contributed by atoms with Crippen LogP contribution in [0.4, 0.5) is 0 Å². The lowest BCUT2D eigenvalue weighted by Crippen LogP contribution is -2.50. The van der Waals surface area contributed by atoms with Gasteiger partial charge in [0.15, 0.2) is 0 Å². The molecule has 6 amide bonds. The Morgan fingerprint density at radius 3 is 2.14 bits per heavy atom. The maximum absolute atomic E-state index is 14.9. The van der Waals surface area contributed by atoms with Gasteiger partial charge in [-0.3, -0.25) is 33.6 Å². The molecule has 83 heavy (non-hydrogen) atoms. The van der Waals surface area contributed by atoms with Crippen molar-refractivity contribution in [3.05, 3.63) is 112 Å². The lowest BCUT2D eigenvalue weighted by molar-refractivity contribution is -0.143. The third kappa shape index (κ3) is 12.5. The zero-order chi connectivity index (χ0) is 58.2. The van der Waals surface area contributed by atoms with Crippen LogP contribution in [0.25, 0.3) is 43.4 Å². The van der Waals surface area contributed by atoms with Crippen LogP contribution in [0.5, 0.6) is 5.75 Å². The number of nitrogens with two attached hydrogens (primary N) is 1. The Kier molecular flexibility index (Phi) is 16.6. The van der Waals surface area contributed by atoms with Gasteiger partial charge in [0.2, 0.25) is 11.8 Å². The summed E-state index contributed by atoms with van der Waals surface area (Å²) in [5.74, 6) is -4.96. The van der Waals surface area contributed by atoms with Crippen LogP contribution in [0.1, 0.15) is 119 Å². The minimum atomic E-state index is -1.17. The topological polar surface area (TPSA) is 348 Å². The first-order chi connectivity index (χ1) is 39.9. The van der Waals surface area contributed by atoms with E-state index in [0.29, 0.717) is 96.0 Å². The molecule has 29 heteroatoms. The summed E-state index contributed by atoms with van der Waals surface area (Å²) in [4.78, 5) is 130. The highest BCUT2D eigenvalue weighted by atomic mass is 32.1. The van der Waals surface area contributed by atoms with E-state index in [0.717, 1.165) is 34.0 Å². The zero-order valence-electron chi connectivity index (χ0n) is 44.1. The van der Waals surface area contributed by atoms with Crippen LogP contribution in [0.3, 0.4) is 0 Å². The summed E-state index contributed by atoms with van der Waals surface area (Å²) in [6.45, 7) is 3.74. The van der Waals surface area contributed by atoms with E-state index in [9.17, 15) is 48.9 Å². The predicted octanol–water partition coefficient (Wildman–Crippen LogP) is 6.63. The Labute approximate surface area is 496 Å². The van der Waals surface area contributed by atoms with E-state index in [1.807, 2.05) is 12.3 Å². The fourth-order valence-corrected chi connectivity index (χ4v) is 15.3. The molecule has 11 rings (SSSR count). The number of aryl methyl sites for hydroxylation is 1. The number of pyridine rings is 1. The quantitative estimate of drug-likeness (QED) is 0.0751. The molecular weight excluding hydrogens is 1180 g/mol. The standard InChI is InChI=1S/C54H51N13O10S6/c1-23-38(69)17-67-43(23)52-65-37(22-82-52)50-62-33(18-80-50)42-29(11-12-30(59-42)49-64-34(20-81-49)44(71)56-15-26-3-7-27(8-4-26)54(76)77)48-63-36(21-79-48)46(73)60-31(14-39(55)70)51-66-41(24(2)83-51)47(74)57-16-40-58-35(19-78-40)45(72)61-32(53(67)75)13-25-5-9-28(68)10-6-25/h5-6,9-12,18-23,26-27,31-32,38,43,68-69H,3-4,7-8,13-17H2,1-2H3,(H2,55,70)(H,56,71)(H,57,74)(H,60,73)(H,61,72)(H,76,77)/t23-,26-,27-,31-,32-,38-,43-/m0/s1. The number of carboxylic acids is 1. The SMILES string of the molecule is Cc1sc2nc1C(=O)NCc1nc(cs1)C(=O)N[C@@H](Cc1ccc(O)cc1)C(=O)N1C[C@H](O)[C@H](C)[C@H]1c1nc(cs1)-c1nc(cs1)-c1nc(-c3nc(C(=O)NC[C@H]4CC[C@H](C(=O)O)CC4)cs3)ccc1-c1nc(cs1)C(=O)N[C@H]2CC(N)=O. The number of aliphatic hydroxyl groups is 1. The van der Waals surface area contributed by atoms with Gasteiger partial charge in [-0.05, 0) is 68.4 Å². The van der Waals surface area contributed by atoms with Crippen molar-refractivity contribution in [1.82, 2.24) is 61.1 Å². The highest BCUT2D eigenvalue weighted by Gasteiger charge is 2.45. The zero-order valence-corrected chi connectivity index (χ0v) is 49.0. The lowest BCUT2D eigenvalue weighted by atomic mass is 9.82. The van der Waals surface area contributed by atoms with Gasteiger partial charge in [0, 0.05) is 62.8 Å². The molecule has 10 bridgehead atoms. The molecule has 3 aliphatic rings. The lowest BCUT2D eigenvalue weighted by Gasteiger charge is -2.29.